The highest BCUT2D eigenvalue weighted by atomic mass is 16.4. The summed E-state index contributed by atoms with van der Waals surface area (Å²) in [4.78, 5) is 18.0. The van der Waals surface area contributed by atoms with E-state index in [-0.39, 0.29) is 11.3 Å². The summed E-state index contributed by atoms with van der Waals surface area (Å²) in [6.45, 7) is 10.8. The Labute approximate surface area is 199 Å². The maximum absolute atomic E-state index is 13.3. The van der Waals surface area contributed by atoms with Gasteiger partial charge in [0, 0.05) is 32.7 Å². The molecule has 2 aromatic carbocycles. The van der Waals surface area contributed by atoms with Crippen LogP contribution in [0.2, 0.25) is 0 Å². The average molecular weight is 449 g/mol. The Hall–Kier alpha value is -2.17. The van der Waals surface area contributed by atoms with Gasteiger partial charge in [-0.05, 0) is 47.6 Å². The first-order valence-corrected chi connectivity index (χ1v) is 12.6. The third-order valence-electron chi connectivity index (χ3n) is 8.63. The van der Waals surface area contributed by atoms with Crippen molar-refractivity contribution in [3.05, 3.63) is 71.8 Å². The van der Waals surface area contributed by atoms with Gasteiger partial charge in [0.05, 0.1) is 0 Å². The highest BCUT2D eigenvalue weighted by molar-refractivity contribution is 5.80. The summed E-state index contributed by atoms with van der Waals surface area (Å²) >= 11 is 0. The summed E-state index contributed by atoms with van der Waals surface area (Å²) in [6.07, 6.45) is 4.30. The molecule has 178 valence electrons. The van der Waals surface area contributed by atoms with Crippen LogP contribution in [0, 0.1) is 17.3 Å². The predicted molar refractivity (Wildman–Crippen MR) is 134 cm³/mol. The monoisotopic (exact) mass is 448 g/mol. The number of hydrogen-bond acceptors (Lipinski definition) is 3. The minimum Gasteiger partial charge on any atom is -0.480 e. The van der Waals surface area contributed by atoms with Gasteiger partial charge < -0.3 is 5.11 Å². The molecule has 0 radical (unpaired) electrons. The fraction of sp³-hybridized carbons (Fsp3) is 0.552. The molecule has 3 atom stereocenters. The maximum atomic E-state index is 13.3. The smallest absolute Gasteiger partial charge is 0.325 e. The van der Waals surface area contributed by atoms with Crippen molar-refractivity contribution in [2.75, 3.05) is 19.6 Å². The summed E-state index contributed by atoms with van der Waals surface area (Å²) in [5.74, 6) is 0.0605. The molecule has 2 aromatic rings. The van der Waals surface area contributed by atoms with E-state index in [0.717, 1.165) is 38.9 Å². The molecule has 2 aliphatic rings. The Balaban J connectivity index is 1.68. The summed E-state index contributed by atoms with van der Waals surface area (Å²) in [6, 6.07) is 20.9. The van der Waals surface area contributed by atoms with Crippen LogP contribution in [0.1, 0.15) is 57.6 Å². The van der Waals surface area contributed by atoms with Gasteiger partial charge in [-0.2, -0.15) is 0 Å². The van der Waals surface area contributed by atoms with Crippen molar-refractivity contribution in [1.82, 2.24) is 9.80 Å². The summed E-state index contributed by atoms with van der Waals surface area (Å²) < 4.78 is 0. The highest BCUT2D eigenvalue weighted by Gasteiger charge is 2.55. The van der Waals surface area contributed by atoms with Gasteiger partial charge in [-0.1, -0.05) is 87.9 Å². The molecule has 0 aromatic heterocycles. The van der Waals surface area contributed by atoms with Crippen molar-refractivity contribution < 1.29 is 9.90 Å². The van der Waals surface area contributed by atoms with E-state index in [0.29, 0.717) is 19.0 Å². The largest absolute Gasteiger partial charge is 0.480 e. The lowest BCUT2D eigenvalue weighted by Crippen LogP contribution is -2.69. The second-order valence-electron chi connectivity index (χ2n) is 10.9. The lowest BCUT2D eigenvalue weighted by atomic mass is 9.60. The minimum atomic E-state index is -0.862. The fourth-order valence-electron chi connectivity index (χ4n) is 6.20. The second-order valence-corrected chi connectivity index (χ2v) is 10.9. The van der Waals surface area contributed by atoms with Crippen LogP contribution in [0.4, 0.5) is 0 Å². The quantitative estimate of drug-likeness (QED) is 0.592. The van der Waals surface area contributed by atoms with Gasteiger partial charge >= 0.3 is 5.97 Å². The molecule has 4 nitrogen and oxygen atoms in total. The zero-order valence-electron chi connectivity index (χ0n) is 20.5. The molecule has 2 fully saturated rings. The third kappa shape index (κ3) is 5.02. The zero-order valence-corrected chi connectivity index (χ0v) is 20.5. The SMILES string of the molecule is CC(C)C1(C)CCCC([C@]2(C(=O)O)CN(Cc3ccccc3)CCN2Cc2ccccc2)C1. The van der Waals surface area contributed by atoms with Crippen LogP contribution in [0.15, 0.2) is 60.7 Å². The van der Waals surface area contributed by atoms with Gasteiger partial charge in [0.25, 0.3) is 0 Å². The molecule has 33 heavy (non-hydrogen) atoms. The fourth-order valence-corrected chi connectivity index (χ4v) is 6.20. The molecule has 0 amide bonds. The first-order valence-electron chi connectivity index (χ1n) is 12.6. The summed E-state index contributed by atoms with van der Waals surface area (Å²) in [7, 11) is 0. The van der Waals surface area contributed by atoms with E-state index < -0.39 is 11.5 Å². The molecule has 0 spiro atoms. The Morgan fingerprint density at radius 1 is 1.00 bits per heavy atom. The molecular weight excluding hydrogens is 408 g/mol. The predicted octanol–water partition coefficient (Wildman–Crippen LogP) is 5.68. The van der Waals surface area contributed by atoms with E-state index in [1.807, 2.05) is 12.1 Å². The Kier molecular flexibility index (Phi) is 7.25. The van der Waals surface area contributed by atoms with E-state index in [9.17, 15) is 9.90 Å². The Bertz CT molecular complexity index is 916. The summed E-state index contributed by atoms with van der Waals surface area (Å²) in [5, 5.41) is 10.9. The van der Waals surface area contributed by atoms with Gasteiger partial charge in [0.1, 0.15) is 5.54 Å². The molecule has 2 unspecified atom stereocenters. The van der Waals surface area contributed by atoms with Crippen LogP contribution in [-0.4, -0.2) is 46.0 Å². The molecule has 1 aliphatic carbocycles. The first kappa shape index (κ1) is 24.0. The third-order valence-corrected chi connectivity index (χ3v) is 8.63. The number of hydrogen-bond donors (Lipinski definition) is 1. The molecule has 0 bridgehead atoms. The molecule has 1 heterocycles. The molecule has 4 heteroatoms. The van der Waals surface area contributed by atoms with Crippen molar-refractivity contribution in [2.24, 2.45) is 17.3 Å². The number of benzene rings is 2. The Morgan fingerprint density at radius 2 is 1.61 bits per heavy atom. The van der Waals surface area contributed by atoms with Crippen LogP contribution < -0.4 is 0 Å². The van der Waals surface area contributed by atoms with E-state index in [1.54, 1.807) is 0 Å². The van der Waals surface area contributed by atoms with E-state index in [2.05, 4.69) is 79.1 Å². The second kappa shape index (κ2) is 9.99. The van der Waals surface area contributed by atoms with Crippen molar-refractivity contribution in [2.45, 2.75) is 65.1 Å². The molecule has 1 N–H and O–H groups in total. The molecule has 1 saturated heterocycles. The van der Waals surface area contributed by atoms with Gasteiger partial charge in [0.15, 0.2) is 0 Å². The van der Waals surface area contributed by atoms with Crippen LogP contribution in [0.25, 0.3) is 0 Å². The topological polar surface area (TPSA) is 43.8 Å². The van der Waals surface area contributed by atoms with Gasteiger partial charge in [-0.3, -0.25) is 14.6 Å². The van der Waals surface area contributed by atoms with E-state index >= 15 is 0 Å². The standard InChI is InChI=1S/C29H40N2O2/c1-23(2)28(3)16-10-15-26(19-28)29(27(32)33)22-30(20-24-11-6-4-7-12-24)17-18-31(29)21-25-13-8-5-9-14-25/h4-9,11-14,23,26H,10,15-22H2,1-3H3,(H,32,33)/t26?,28?,29-/m0/s1. The van der Waals surface area contributed by atoms with Crippen molar-refractivity contribution in [3.8, 4) is 0 Å². The highest BCUT2D eigenvalue weighted by Crippen LogP contribution is 2.50. The van der Waals surface area contributed by atoms with Crippen molar-refractivity contribution in [3.63, 3.8) is 0 Å². The van der Waals surface area contributed by atoms with Gasteiger partial charge in [-0.15, -0.1) is 0 Å². The number of carboxylic acid groups (broad SMARTS) is 1. The number of piperazine rings is 1. The first-order chi connectivity index (χ1) is 15.8. The van der Waals surface area contributed by atoms with Gasteiger partial charge in [0.2, 0.25) is 0 Å². The number of carboxylic acids is 1. The summed E-state index contributed by atoms with van der Waals surface area (Å²) in [5.41, 5.74) is 1.79. The molecular formula is C29H40N2O2. The number of rotatable bonds is 7. The number of carbonyl (C=O) groups is 1. The van der Waals surface area contributed by atoms with Gasteiger partial charge in [-0.25, -0.2) is 0 Å². The Morgan fingerprint density at radius 3 is 2.18 bits per heavy atom. The van der Waals surface area contributed by atoms with Crippen LogP contribution in [0.5, 0.6) is 0 Å². The maximum Gasteiger partial charge on any atom is 0.325 e. The number of nitrogens with zero attached hydrogens (tertiary/aromatic N) is 2. The molecule has 4 rings (SSSR count). The zero-order chi connectivity index (χ0) is 23.5. The van der Waals surface area contributed by atoms with Crippen LogP contribution >= 0.6 is 0 Å². The van der Waals surface area contributed by atoms with E-state index in [4.69, 9.17) is 0 Å². The minimum absolute atomic E-state index is 0.151. The lowest BCUT2D eigenvalue weighted by molar-refractivity contribution is -0.168. The molecule has 1 aliphatic heterocycles. The molecule has 1 saturated carbocycles. The normalized spacial score (nSPS) is 29.3. The van der Waals surface area contributed by atoms with Crippen LogP contribution in [0.3, 0.4) is 0 Å². The van der Waals surface area contributed by atoms with E-state index in [1.165, 1.54) is 17.5 Å². The lowest BCUT2D eigenvalue weighted by Gasteiger charge is -2.55. The number of aliphatic carboxylic acids is 1. The van der Waals surface area contributed by atoms with Crippen molar-refractivity contribution in [1.29, 1.82) is 0 Å². The van der Waals surface area contributed by atoms with Crippen molar-refractivity contribution >= 4 is 5.97 Å². The average Bonchev–Trinajstić information content (AvgIpc) is 2.81. The van der Waals surface area contributed by atoms with Crippen LogP contribution in [-0.2, 0) is 17.9 Å².